The number of carbonyl (C=O) groups is 4. The van der Waals surface area contributed by atoms with Crippen molar-refractivity contribution in [2.24, 2.45) is 16.5 Å². The van der Waals surface area contributed by atoms with Crippen LogP contribution in [0.3, 0.4) is 0 Å². The van der Waals surface area contributed by atoms with Gasteiger partial charge in [-0.1, -0.05) is 73.2 Å². The monoisotopic (exact) mass is 665 g/mol. The Hall–Kier alpha value is -5.20. The van der Waals surface area contributed by atoms with Crippen LogP contribution in [0.5, 0.6) is 0 Å². The Bertz CT molecular complexity index is 1640. The highest BCUT2D eigenvalue weighted by atomic mass is 19.4. The van der Waals surface area contributed by atoms with Crippen LogP contribution in [0.25, 0.3) is 0 Å². The average Bonchev–Trinajstić information content (AvgIpc) is 3.13. The standard InChI is InChI=1S/C35H38F3N5O5/c1-22(2)42-27-18-17-23(12-6-5-11-19-41-34(39)40)20-26(27)31(45)43(30(32(42)46)25-15-9-4-10-16-25)28(24-13-7-3-8-14-24)21-29(44)48-33(47)35(36,37)38/h3-4,7-10,13-18,20,22,28,30H,5-6,11-12,19,21H2,1-2H3,(H4,39,40,41). The van der Waals surface area contributed by atoms with Crippen molar-refractivity contribution in [3.05, 3.63) is 101 Å². The molecule has 0 saturated heterocycles. The van der Waals surface area contributed by atoms with Gasteiger partial charge in [-0.25, -0.2) is 4.79 Å². The molecule has 1 aliphatic heterocycles. The zero-order chi connectivity index (χ0) is 35.0. The van der Waals surface area contributed by atoms with Gasteiger partial charge in [-0.3, -0.25) is 19.4 Å². The number of ether oxygens (including phenoxy) is 1. The normalized spacial score (nSPS) is 15.5. The number of guanidine groups is 1. The fraction of sp³-hybridized carbons (Fsp3) is 0.343. The molecule has 0 spiro atoms. The van der Waals surface area contributed by atoms with Crippen LogP contribution in [0.1, 0.15) is 78.7 Å². The minimum absolute atomic E-state index is 0.0240. The Kier molecular flexibility index (Phi) is 11.6. The van der Waals surface area contributed by atoms with Crippen molar-refractivity contribution in [3.8, 4) is 0 Å². The number of nitrogens with two attached hydrogens (primary N) is 2. The van der Waals surface area contributed by atoms with Crippen molar-refractivity contribution in [2.45, 2.75) is 70.3 Å². The smallest absolute Gasteiger partial charge is 0.386 e. The first-order chi connectivity index (χ1) is 22.8. The average molecular weight is 666 g/mol. The number of halogens is 3. The number of esters is 2. The molecule has 1 aliphatic rings. The van der Waals surface area contributed by atoms with Crippen LogP contribution in [0.4, 0.5) is 18.9 Å². The van der Waals surface area contributed by atoms with Crippen LogP contribution >= 0.6 is 0 Å². The summed E-state index contributed by atoms with van der Waals surface area (Å²) in [5.74, 6) is -5.24. The molecule has 2 amide bonds. The Morgan fingerprint density at radius 1 is 0.917 bits per heavy atom. The third kappa shape index (κ3) is 8.58. The van der Waals surface area contributed by atoms with Crippen molar-refractivity contribution in [1.29, 1.82) is 0 Å². The van der Waals surface area contributed by atoms with E-state index in [-0.39, 0.29) is 11.5 Å². The second kappa shape index (κ2) is 15.6. The van der Waals surface area contributed by atoms with E-state index < -0.39 is 54.5 Å². The van der Waals surface area contributed by atoms with E-state index in [0.29, 0.717) is 29.8 Å². The zero-order valence-corrected chi connectivity index (χ0v) is 26.7. The highest BCUT2D eigenvalue weighted by molar-refractivity contribution is 6.12. The molecule has 1 heterocycles. The van der Waals surface area contributed by atoms with E-state index >= 15 is 0 Å². The maximum Gasteiger partial charge on any atom is 0.491 e. The van der Waals surface area contributed by atoms with Crippen LogP contribution < -0.4 is 16.4 Å². The molecular formula is C35H38F3N5O5. The summed E-state index contributed by atoms with van der Waals surface area (Å²) in [6, 6.07) is 18.9. The van der Waals surface area contributed by atoms with E-state index in [1.54, 1.807) is 72.8 Å². The Balaban J connectivity index is 1.83. The van der Waals surface area contributed by atoms with Crippen LogP contribution in [-0.4, -0.2) is 53.4 Å². The van der Waals surface area contributed by atoms with Gasteiger partial charge in [0.15, 0.2) is 5.96 Å². The quantitative estimate of drug-likeness (QED) is 0.0868. The lowest BCUT2D eigenvalue weighted by molar-refractivity contribution is -0.202. The van der Waals surface area contributed by atoms with Crippen LogP contribution in [0, 0.1) is 0 Å². The molecule has 13 heteroatoms. The SMILES string of the molecule is CC(C)N1C(=O)C(c2ccccc2)N(C(CC(=O)OC(=O)C(F)(F)F)c2ccccc2)C(=O)c2cc(CCCCCN=C(N)N)ccc21. The number of hydrogen-bond donors (Lipinski definition) is 2. The first kappa shape index (κ1) is 35.7. The highest BCUT2D eigenvalue weighted by Gasteiger charge is 2.47. The van der Waals surface area contributed by atoms with Crippen LogP contribution in [0.2, 0.25) is 0 Å². The Labute approximate surface area is 276 Å². The molecule has 254 valence electrons. The summed E-state index contributed by atoms with van der Waals surface area (Å²) >= 11 is 0. The number of fused-ring (bicyclic) bond motifs is 1. The van der Waals surface area contributed by atoms with Gasteiger partial charge in [0.25, 0.3) is 11.8 Å². The van der Waals surface area contributed by atoms with E-state index in [0.717, 1.165) is 24.8 Å². The van der Waals surface area contributed by atoms with Gasteiger partial charge >= 0.3 is 18.1 Å². The number of aliphatic imine (C=N–C) groups is 1. The fourth-order valence-corrected chi connectivity index (χ4v) is 5.78. The van der Waals surface area contributed by atoms with Crippen molar-refractivity contribution in [3.63, 3.8) is 0 Å². The summed E-state index contributed by atoms with van der Waals surface area (Å²) in [6.45, 7) is 4.11. The van der Waals surface area contributed by atoms with E-state index in [2.05, 4.69) is 9.73 Å². The van der Waals surface area contributed by atoms with E-state index in [9.17, 15) is 32.3 Å². The second-order valence-electron chi connectivity index (χ2n) is 11.7. The third-order valence-electron chi connectivity index (χ3n) is 7.90. The summed E-state index contributed by atoms with van der Waals surface area (Å²) < 4.78 is 43.2. The molecule has 0 fully saturated rings. The van der Waals surface area contributed by atoms with Gasteiger partial charge in [-0.15, -0.1) is 0 Å². The van der Waals surface area contributed by atoms with Crippen molar-refractivity contribution < 1.29 is 37.1 Å². The summed E-state index contributed by atoms with van der Waals surface area (Å²) in [5.41, 5.74) is 12.9. The minimum Gasteiger partial charge on any atom is -0.386 e. The molecule has 10 nitrogen and oxygen atoms in total. The lowest BCUT2D eigenvalue weighted by Crippen LogP contribution is -2.46. The minimum atomic E-state index is -5.41. The molecule has 2 unspecified atom stereocenters. The van der Waals surface area contributed by atoms with Crippen molar-refractivity contribution >= 4 is 35.4 Å². The van der Waals surface area contributed by atoms with Gasteiger partial charge in [0.1, 0.15) is 6.04 Å². The Morgan fingerprint density at radius 2 is 1.56 bits per heavy atom. The van der Waals surface area contributed by atoms with Gasteiger partial charge in [-0.2, -0.15) is 13.2 Å². The first-order valence-electron chi connectivity index (χ1n) is 15.5. The molecule has 3 aromatic rings. The van der Waals surface area contributed by atoms with Crippen LogP contribution in [-0.2, 0) is 25.5 Å². The molecule has 0 aromatic heterocycles. The molecule has 2 atom stereocenters. The summed E-state index contributed by atoms with van der Waals surface area (Å²) in [4.78, 5) is 60.8. The number of amides is 2. The molecule has 4 N–H and O–H groups in total. The summed E-state index contributed by atoms with van der Waals surface area (Å²) in [7, 11) is 0. The number of benzene rings is 3. The maximum atomic E-state index is 14.9. The number of anilines is 1. The van der Waals surface area contributed by atoms with Gasteiger partial charge < -0.3 is 26.0 Å². The molecule has 0 radical (unpaired) electrons. The lowest BCUT2D eigenvalue weighted by Gasteiger charge is -2.37. The topological polar surface area (TPSA) is 148 Å². The van der Waals surface area contributed by atoms with Crippen LogP contribution in [0.15, 0.2) is 83.9 Å². The lowest BCUT2D eigenvalue weighted by atomic mass is 9.95. The number of carbonyl (C=O) groups excluding carboxylic acids is 4. The fourth-order valence-electron chi connectivity index (χ4n) is 5.78. The van der Waals surface area contributed by atoms with Crippen molar-refractivity contribution in [1.82, 2.24) is 4.90 Å². The Morgan fingerprint density at radius 3 is 2.17 bits per heavy atom. The molecule has 48 heavy (non-hydrogen) atoms. The number of rotatable bonds is 12. The summed E-state index contributed by atoms with van der Waals surface area (Å²) in [5, 5.41) is 0. The predicted octanol–water partition coefficient (Wildman–Crippen LogP) is 5.37. The second-order valence-corrected chi connectivity index (χ2v) is 11.7. The van der Waals surface area contributed by atoms with Crippen molar-refractivity contribution in [2.75, 3.05) is 11.4 Å². The number of alkyl halides is 3. The molecule has 0 bridgehead atoms. The van der Waals surface area contributed by atoms with Gasteiger partial charge in [0, 0.05) is 12.6 Å². The third-order valence-corrected chi connectivity index (χ3v) is 7.90. The number of unbranched alkanes of at least 4 members (excludes halogenated alkanes) is 2. The molecule has 3 aromatic carbocycles. The molecular weight excluding hydrogens is 627 g/mol. The predicted molar refractivity (Wildman–Crippen MR) is 174 cm³/mol. The largest absolute Gasteiger partial charge is 0.491 e. The summed E-state index contributed by atoms with van der Waals surface area (Å²) in [6.07, 6.45) is -3.29. The highest BCUT2D eigenvalue weighted by Crippen LogP contribution is 2.42. The van der Waals surface area contributed by atoms with Gasteiger partial charge in [0.2, 0.25) is 0 Å². The van der Waals surface area contributed by atoms with E-state index in [1.165, 1.54) is 9.80 Å². The number of hydrogen-bond acceptors (Lipinski definition) is 6. The molecule has 4 rings (SSSR count). The maximum absolute atomic E-state index is 14.9. The van der Waals surface area contributed by atoms with Gasteiger partial charge in [0.05, 0.1) is 23.7 Å². The number of aryl methyl sites for hydroxylation is 1. The first-order valence-corrected chi connectivity index (χ1v) is 15.5. The van der Waals surface area contributed by atoms with E-state index in [1.807, 2.05) is 19.9 Å². The zero-order valence-electron chi connectivity index (χ0n) is 26.7. The molecule has 0 saturated carbocycles. The number of nitrogens with zero attached hydrogens (tertiary/aromatic N) is 3. The van der Waals surface area contributed by atoms with Gasteiger partial charge in [-0.05, 0) is 61.9 Å². The molecule has 0 aliphatic carbocycles. The van der Waals surface area contributed by atoms with E-state index in [4.69, 9.17) is 11.5 Å².